The highest BCUT2D eigenvalue weighted by Crippen LogP contribution is 2.64. The lowest BCUT2D eigenvalue weighted by atomic mass is 9.70. The Hall–Kier alpha value is -1.70. The summed E-state index contributed by atoms with van der Waals surface area (Å²) in [6, 6.07) is 8.57. The Kier molecular flexibility index (Phi) is 4.03. The lowest BCUT2D eigenvalue weighted by Gasteiger charge is -2.35. The molecule has 0 amide bonds. The minimum Gasteiger partial charge on any atom is -0.402 e. The number of benzene rings is 1. The van der Waals surface area contributed by atoms with Gasteiger partial charge in [-0.15, -0.1) is 0 Å². The van der Waals surface area contributed by atoms with Crippen LogP contribution in [0.2, 0.25) is 0 Å². The topological polar surface area (TPSA) is 52.0 Å². The van der Waals surface area contributed by atoms with Gasteiger partial charge in [-0.1, -0.05) is 44.6 Å². The summed E-state index contributed by atoms with van der Waals surface area (Å²) >= 11 is 0. The van der Waals surface area contributed by atoms with Gasteiger partial charge in [0.2, 0.25) is 0 Å². The van der Waals surface area contributed by atoms with Crippen molar-refractivity contribution in [3.63, 3.8) is 0 Å². The molecule has 23 heavy (non-hydrogen) atoms. The number of hydrogen-bond donors (Lipinski definition) is 2. The summed E-state index contributed by atoms with van der Waals surface area (Å²) in [6.07, 6.45) is 10.3. The second-order valence-electron chi connectivity index (χ2n) is 7.42. The van der Waals surface area contributed by atoms with E-state index in [-0.39, 0.29) is 5.41 Å². The van der Waals surface area contributed by atoms with Crippen molar-refractivity contribution < 1.29 is 0 Å². The number of rotatable bonds is 4. The average molecular weight is 310 g/mol. The minimum atomic E-state index is 0.140. The number of nitrogen functional groups attached to an aromatic ring is 1. The number of allylic oxidation sites excluding steroid dienone is 4. The van der Waals surface area contributed by atoms with Gasteiger partial charge < -0.3 is 11.5 Å². The van der Waals surface area contributed by atoms with Gasteiger partial charge in [0.05, 0.1) is 0 Å². The molecule has 3 rings (SSSR count). The fourth-order valence-electron chi connectivity index (χ4n) is 5.19. The standard InChI is InChI=1S/C21H30N2/c1-4-20(5-2)14-21(6-3,15-7-9-16(22)10-8-15)18-12-11-17(23)13-19(18)20/h7-12,19H,4-6,13-14,22-23H2,1-3H3. The van der Waals surface area contributed by atoms with Crippen LogP contribution in [0.1, 0.15) is 58.4 Å². The maximum atomic E-state index is 6.21. The first-order valence-corrected chi connectivity index (χ1v) is 9.04. The van der Waals surface area contributed by atoms with E-state index in [1.165, 1.54) is 24.8 Å². The summed E-state index contributed by atoms with van der Waals surface area (Å²) in [4.78, 5) is 0. The molecule has 2 unspecified atom stereocenters. The van der Waals surface area contributed by atoms with Crippen LogP contribution >= 0.6 is 0 Å². The van der Waals surface area contributed by atoms with Gasteiger partial charge in [-0.3, -0.25) is 0 Å². The highest BCUT2D eigenvalue weighted by atomic mass is 14.6. The van der Waals surface area contributed by atoms with Gasteiger partial charge in [0.25, 0.3) is 0 Å². The summed E-state index contributed by atoms with van der Waals surface area (Å²) in [6.45, 7) is 7.03. The first kappa shape index (κ1) is 16.2. The van der Waals surface area contributed by atoms with Crippen molar-refractivity contribution in [3.8, 4) is 0 Å². The molecule has 1 aromatic carbocycles. The van der Waals surface area contributed by atoms with Crippen molar-refractivity contribution in [2.45, 2.75) is 58.3 Å². The van der Waals surface area contributed by atoms with E-state index in [2.05, 4.69) is 45.1 Å². The van der Waals surface area contributed by atoms with Gasteiger partial charge >= 0.3 is 0 Å². The molecule has 124 valence electrons. The Morgan fingerprint density at radius 3 is 2.17 bits per heavy atom. The normalized spacial score (nSPS) is 28.9. The van der Waals surface area contributed by atoms with E-state index in [1.807, 2.05) is 12.1 Å². The van der Waals surface area contributed by atoms with Crippen LogP contribution in [0.3, 0.4) is 0 Å². The predicted molar refractivity (Wildman–Crippen MR) is 98.9 cm³/mol. The zero-order chi connectivity index (χ0) is 16.7. The average Bonchev–Trinajstić information content (AvgIpc) is 2.86. The zero-order valence-electron chi connectivity index (χ0n) is 14.7. The lowest BCUT2D eigenvalue weighted by molar-refractivity contribution is 0.182. The number of anilines is 1. The maximum Gasteiger partial charge on any atom is 0.0314 e. The molecular weight excluding hydrogens is 280 g/mol. The van der Waals surface area contributed by atoms with Gasteiger partial charge in [-0.2, -0.15) is 0 Å². The van der Waals surface area contributed by atoms with E-state index in [9.17, 15) is 0 Å². The van der Waals surface area contributed by atoms with Crippen LogP contribution in [0.25, 0.3) is 0 Å². The van der Waals surface area contributed by atoms with Crippen molar-refractivity contribution in [2.24, 2.45) is 17.1 Å². The number of fused-ring (bicyclic) bond motifs is 1. The van der Waals surface area contributed by atoms with Gasteiger partial charge in [-0.25, -0.2) is 0 Å². The van der Waals surface area contributed by atoms with E-state index in [1.54, 1.807) is 5.57 Å². The molecule has 1 aromatic rings. The minimum absolute atomic E-state index is 0.140. The fraction of sp³-hybridized carbons (Fsp3) is 0.524. The molecule has 4 N–H and O–H groups in total. The molecule has 0 heterocycles. The Morgan fingerprint density at radius 1 is 0.957 bits per heavy atom. The molecule has 2 aliphatic rings. The first-order valence-electron chi connectivity index (χ1n) is 9.04. The summed E-state index contributed by atoms with van der Waals surface area (Å²) in [5, 5.41) is 0. The van der Waals surface area contributed by atoms with Gasteiger partial charge in [0.1, 0.15) is 0 Å². The second-order valence-corrected chi connectivity index (χ2v) is 7.42. The predicted octanol–water partition coefficient (Wildman–Crippen LogP) is 4.92. The van der Waals surface area contributed by atoms with Crippen molar-refractivity contribution in [3.05, 3.63) is 53.3 Å². The van der Waals surface area contributed by atoms with Crippen LogP contribution in [0.4, 0.5) is 5.69 Å². The summed E-state index contributed by atoms with van der Waals surface area (Å²) < 4.78 is 0. The lowest BCUT2D eigenvalue weighted by Crippen LogP contribution is -2.27. The molecule has 0 aliphatic heterocycles. The molecule has 2 heteroatoms. The first-order chi connectivity index (χ1) is 11.0. The van der Waals surface area contributed by atoms with E-state index in [0.717, 1.165) is 24.2 Å². The van der Waals surface area contributed by atoms with Gasteiger partial charge in [0, 0.05) is 16.8 Å². The molecule has 1 fully saturated rings. The molecule has 0 spiro atoms. The highest BCUT2D eigenvalue weighted by Gasteiger charge is 2.56. The van der Waals surface area contributed by atoms with Crippen LogP contribution in [0.5, 0.6) is 0 Å². The van der Waals surface area contributed by atoms with Crippen LogP contribution in [-0.2, 0) is 5.41 Å². The molecule has 0 bridgehead atoms. The van der Waals surface area contributed by atoms with Crippen molar-refractivity contribution in [1.29, 1.82) is 0 Å². The van der Waals surface area contributed by atoms with Crippen molar-refractivity contribution in [1.82, 2.24) is 0 Å². The number of hydrogen-bond acceptors (Lipinski definition) is 2. The SMILES string of the molecule is CCC1(c2ccc(N)cc2)CC(CC)(CC)C2CC(N)=CC=C21. The summed E-state index contributed by atoms with van der Waals surface area (Å²) in [5.41, 5.74) is 17.5. The van der Waals surface area contributed by atoms with E-state index in [4.69, 9.17) is 11.5 Å². The fourth-order valence-corrected chi connectivity index (χ4v) is 5.19. The molecule has 2 aliphatic carbocycles. The van der Waals surface area contributed by atoms with E-state index < -0.39 is 0 Å². The van der Waals surface area contributed by atoms with E-state index in [0.29, 0.717) is 11.3 Å². The van der Waals surface area contributed by atoms with E-state index >= 15 is 0 Å². The highest BCUT2D eigenvalue weighted by molar-refractivity contribution is 5.50. The summed E-state index contributed by atoms with van der Waals surface area (Å²) in [5.74, 6) is 0.583. The Morgan fingerprint density at radius 2 is 1.61 bits per heavy atom. The van der Waals surface area contributed by atoms with Crippen LogP contribution in [0.15, 0.2) is 47.7 Å². The zero-order valence-corrected chi connectivity index (χ0v) is 14.7. The van der Waals surface area contributed by atoms with Gasteiger partial charge in [-0.05, 0) is 67.2 Å². The molecule has 0 saturated heterocycles. The van der Waals surface area contributed by atoms with Crippen LogP contribution < -0.4 is 11.5 Å². The van der Waals surface area contributed by atoms with Crippen molar-refractivity contribution >= 4 is 5.69 Å². The molecule has 2 atom stereocenters. The van der Waals surface area contributed by atoms with Crippen molar-refractivity contribution in [2.75, 3.05) is 5.73 Å². The third-order valence-corrected chi connectivity index (χ3v) is 6.71. The quantitative estimate of drug-likeness (QED) is 0.776. The monoisotopic (exact) mass is 310 g/mol. The second kappa shape index (κ2) is 5.74. The third-order valence-electron chi connectivity index (χ3n) is 6.71. The molecule has 0 aromatic heterocycles. The molecular formula is C21H30N2. The molecule has 1 saturated carbocycles. The van der Waals surface area contributed by atoms with Crippen LogP contribution in [-0.4, -0.2) is 0 Å². The third kappa shape index (κ3) is 2.31. The Balaban J connectivity index is 2.18. The maximum absolute atomic E-state index is 6.21. The van der Waals surface area contributed by atoms with Crippen LogP contribution in [0, 0.1) is 11.3 Å². The largest absolute Gasteiger partial charge is 0.402 e. The van der Waals surface area contributed by atoms with Gasteiger partial charge in [0.15, 0.2) is 0 Å². The Labute approximate surface area is 140 Å². The molecule has 2 nitrogen and oxygen atoms in total. The Bertz CT molecular complexity index is 634. The smallest absolute Gasteiger partial charge is 0.0314 e. The number of nitrogens with two attached hydrogens (primary N) is 2. The molecule has 0 radical (unpaired) electrons. The summed E-state index contributed by atoms with van der Waals surface area (Å²) in [7, 11) is 0.